The average Bonchev–Trinajstić information content (AvgIpc) is 2.09. The third-order valence-electron chi connectivity index (χ3n) is 1.36. The van der Waals surface area contributed by atoms with Gasteiger partial charge < -0.3 is 14.7 Å². The first-order valence-electron chi connectivity index (χ1n) is 4.11. The maximum absolute atomic E-state index is 11.1. The van der Waals surface area contributed by atoms with Gasteiger partial charge in [0.2, 0.25) is 0 Å². The summed E-state index contributed by atoms with van der Waals surface area (Å²) in [5.74, 6) is -1.19. The first-order valence-corrected chi connectivity index (χ1v) is 5.64. The van der Waals surface area contributed by atoms with Gasteiger partial charge in [-0.05, 0) is 6.42 Å². The van der Waals surface area contributed by atoms with Crippen LogP contribution in [0.5, 0.6) is 0 Å². The summed E-state index contributed by atoms with van der Waals surface area (Å²) in [7, 11) is -4.87. The van der Waals surface area contributed by atoms with Crippen LogP contribution in [0.2, 0.25) is 0 Å². The number of phosphoric ester groups is 1. The topological polar surface area (TPSA) is 124 Å². The average molecular weight is 240 g/mol. The Kier molecular flexibility index (Phi) is 6.38. The van der Waals surface area contributed by atoms with Gasteiger partial charge >= 0.3 is 13.8 Å². The van der Waals surface area contributed by atoms with E-state index in [1.807, 2.05) is 0 Å². The van der Waals surface area contributed by atoms with Crippen LogP contribution in [-0.4, -0.2) is 39.2 Å². The summed E-state index contributed by atoms with van der Waals surface area (Å²) in [5.41, 5.74) is -0.0742. The fourth-order valence-electron chi connectivity index (χ4n) is 0.813. The van der Waals surface area contributed by atoms with Crippen LogP contribution in [0.4, 0.5) is 0 Å². The first-order chi connectivity index (χ1) is 6.90. The number of phosphoric acid groups is 1. The highest BCUT2D eigenvalue weighted by Crippen LogP contribution is 2.37. The van der Waals surface area contributed by atoms with Crippen molar-refractivity contribution in [3.8, 4) is 0 Å². The Morgan fingerprint density at radius 1 is 1.27 bits per heavy atom. The Morgan fingerprint density at radius 3 is 2.27 bits per heavy atom. The SMILES string of the molecule is O=C(OP(=O)(O)O)/C(=C/CCO)CCO. The van der Waals surface area contributed by atoms with E-state index in [9.17, 15) is 9.36 Å². The molecule has 15 heavy (non-hydrogen) atoms. The predicted molar refractivity (Wildman–Crippen MR) is 49.6 cm³/mol. The van der Waals surface area contributed by atoms with E-state index < -0.39 is 13.8 Å². The van der Waals surface area contributed by atoms with Crippen LogP contribution in [0.1, 0.15) is 12.8 Å². The second-order valence-electron chi connectivity index (χ2n) is 2.58. The summed E-state index contributed by atoms with van der Waals surface area (Å²) in [6.45, 7) is -0.564. The molecule has 7 nitrogen and oxygen atoms in total. The third kappa shape index (κ3) is 7.24. The number of carbonyl (C=O) groups is 1. The van der Waals surface area contributed by atoms with Crippen LogP contribution in [0, 0.1) is 0 Å². The molecular weight excluding hydrogens is 227 g/mol. The molecule has 0 aromatic heterocycles. The Balaban J connectivity index is 4.49. The van der Waals surface area contributed by atoms with Crippen LogP contribution in [0.3, 0.4) is 0 Å². The Labute approximate surface area is 86.2 Å². The quantitative estimate of drug-likeness (QED) is 0.358. The zero-order valence-corrected chi connectivity index (χ0v) is 8.76. The lowest BCUT2D eigenvalue weighted by atomic mass is 10.1. The van der Waals surface area contributed by atoms with Crippen LogP contribution in [0.15, 0.2) is 11.6 Å². The van der Waals surface area contributed by atoms with Gasteiger partial charge in [0.15, 0.2) is 0 Å². The molecule has 0 saturated heterocycles. The van der Waals surface area contributed by atoms with Crippen molar-refractivity contribution in [3.05, 3.63) is 11.6 Å². The fourth-order valence-corrected chi connectivity index (χ4v) is 1.15. The lowest BCUT2D eigenvalue weighted by molar-refractivity contribution is -0.131. The molecule has 0 unspecified atom stereocenters. The van der Waals surface area contributed by atoms with E-state index in [0.29, 0.717) is 0 Å². The zero-order chi connectivity index (χ0) is 11.9. The predicted octanol–water partition coefficient (Wildman–Crippen LogP) is -0.687. The molecule has 0 atom stereocenters. The smallest absolute Gasteiger partial charge is 0.396 e. The van der Waals surface area contributed by atoms with Crippen molar-refractivity contribution in [2.75, 3.05) is 13.2 Å². The zero-order valence-electron chi connectivity index (χ0n) is 7.87. The molecular formula is C7H13O7P. The second kappa shape index (κ2) is 6.71. The molecule has 88 valence electrons. The molecule has 8 heteroatoms. The molecule has 0 rings (SSSR count). The van der Waals surface area contributed by atoms with E-state index in [0.717, 1.165) is 0 Å². The fraction of sp³-hybridized carbons (Fsp3) is 0.571. The van der Waals surface area contributed by atoms with Gasteiger partial charge in [-0.15, -0.1) is 0 Å². The molecule has 0 aromatic carbocycles. The van der Waals surface area contributed by atoms with E-state index in [1.54, 1.807) is 0 Å². The monoisotopic (exact) mass is 240 g/mol. The van der Waals surface area contributed by atoms with Crippen LogP contribution < -0.4 is 0 Å². The van der Waals surface area contributed by atoms with Crippen LogP contribution in [-0.2, 0) is 13.9 Å². The number of aliphatic hydroxyl groups is 2. The van der Waals surface area contributed by atoms with Crippen molar-refractivity contribution in [3.63, 3.8) is 0 Å². The van der Waals surface area contributed by atoms with Gasteiger partial charge in [0.1, 0.15) is 0 Å². The molecule has 0 radical (unpaired) electrons. The summed E-state index contributed by atoms with van der Waals surface area (Å²) in [5, 5.41) is 17.1. The Bertz CT molecular complexity index is 279. The van der Waals surface area contributed by atoms with Gasteiger partial charge in [0.05, 0.1) is 0 Å². The maximum Gasteiger partial charge on any atom is 0.527 e. The van der Waals surface area contributed by atoms with Crippen molar-refractivity contribution in [1.29, 1.82) is 0 Å². The summed E-state index contributed by atoms with van der Waals surface area (Å²) in [6, 6.07) is 0. The molecule has 0 aliphatic carbocycles. The largest absolute Gasteiger partial charge is 0.527 e. The molecule has 4 N–H and O–H groups in total. The number of rotatable bonds is 6. The molecule has 0 heterocycles. The molecule has 0 fully saturated rings. The third-order valence-corrected chi connectivity index (χ3v) is 1.77. The molecule has 0 bridgehead atoms. The highest BCUT2D eigenvalue weighted by Gasteiger charge is 2.22. The lowest BCUT2D eigenvalue weighted by Crippen LogP contribution is -2.08. The Hall–Kier alpha value is -0.720. The number of hydrogen-bond donors (Lipinski definition) is 4. The highest BCUT2D eigenvalue weighted by atomic mass is 31.2. The normalized spacial score (nSPS) is 12.7. The number of aliphatic hydroxyl groups excluding tert-OH is 2. The van der Waals surface area contributed by atoms with Crippen molar-refractivity contribution < 1.29 is 33.9 Å². The van der Waals surface area contributed by atoms with Gasteiger partial charge in [0, 0.05) is 25.2 Å². The summed E-state index contributed by atoms with van der Waals surface area (Å²) < 4.78 is 14.2. The molecule has 0 aliphatic rings. The van der Waals surface area contributed by atoms with E-state index in [2.05, 4.69) is 4.52 Å². The highest BCUT2D eigenvalue weighted by molar-refractivity contribution is 7.46. The van der Waals surface area contributed by atoms with Gasteiger partial charge in [-0.25, -0.2) is 9.36 Å². The van der Waals surface area contributed by atoms with E-state index in [-0.39, 0.29) is 31.6 Å². The lowest BCUT2D eigenvalue weighted by Gasteiger charge is -2.07. The molecule has 0 saturated carbocycles. The maximum atomic E-state index is 11.1. The summed E-state index contributed by atoms with van der Waals surface area (Å²) in [4.78, 5) is 27.8. The molecule has 0 spiro atoms. The number of hydrogen-bond acceptors (Lipinski definition) is 5. The second-order valence-corrected chi connectivity index (χ2v) is 3.75. The van der Waals surface area contributed by atoms with Gasteiger partial charge in [0.25, 0.3) is 0 Å². The van der Waals surface area contributed by atoms with Crippen LogP contribution >= 0.6 is 7.82 Å². The minimum atomic E-state index is -4.87. The Morgan fingerprint density at radius 2 is 1.87 bits per heavy atom. The van der Waals surface area contributed by atoms with E-state index in [1.165, 1.54) is 6.08 Å². The van der Waals surface area contributed by atoms with E-state index in [4.69, 9.17) is 20.0 Å². The summed E-state index contributed by atoms with van der Waals surface area (Å²) >= 11 is 0. The molecule has 0 amide bonds. The van der Waals surface area contributed by atoms with Gasteiger partial charge in [-0.1, -0.05) is 6.08 Å². The summed E-state index contributed by atoms with van der Waals surface area (Å²) in [6.07, 6.45) is 1.32. The van der Waals surface area contributed by atoms with Crippen molar-refractivity contribution in [2.45, 2.75) is 12.8 Å². The molecule has 0 aromatic rings. The number of carbonyl (C=O) groups excluding carboxylic acids is 1. The van der Waals surface area contributed by atoms with Crippen molar-refractivity contribution >= 4 is 13.8 Å². The van der Waals surface area contributed by atoms with Gasteiger partial charge in [-0.3, -0.25) is 9.79 Å². The van der Waals surface area contributed by atoms with Crippen LogP contribution in [0.25, 0.3) is 0 Å². The van der Waals surface area contributed by atoms with Gasteiger partial charge in [-0.2, -0.15) is 0 Å². The minimum absolute atomic E-state index is 0.0742. The molecule has 0 aliphatic heterocycles. The van der Waals surface area contributed by atoms with E-state index >= 15 is 0 Å². The van der Waals surface area contributed by atoms with Crippen molar-refractivity contribution in [2.24, 2.45) is 0 Å². The first kappa shape index (κ1) is 14.3. The standard InChI is InChI=1S/C7H13O7P/c8-4-1-2-6(3-5-9)7(10)14-15(11,12)13/h2,8-9H,1,3-5H2,(H2,11,12,13)/b6-2+. The van der Waals surface area contributed by atoms with Crippen molar-refractivity contribution in [1.82, 2.24) is 0 Å². The minimum Gasteiger partial charge on any atom is -0.396 e.